The SMILES string of the molecule is O=C(Cc1ccsc1)N(Cc1ccccc1)[C@H]1CCS(=O)(=O)C1. The molecule has 0 unspecified atom stereocenters. The lowest BCUT2D eigenvalue weighted by atomic mass is 10.1. The number of carbonyl (C=O) groups excluding carboxylic acids is 1. The van der Waals surface area contributed by atoms with E-state index in [1.807, 2.05) is 47.2 Å². The fraction of sp³-hybridized carbons (Fsp3) is 0.353. The van der Waals surface area contributed by atoms with E-state index in [9.17, 15) is 13.2 Å². The third kappa shape index (κ3) is 4.20. The van der Waals surface area contributed by atoms with E-state index in [4.69, 9.17) is 0 Å². The molecule has 1 aliphatic heterocycles. The molecule has 0 radical (unpaired) electrons. The Bertz CT molecular complexity index is 754. The largest absolute Gasteiger partial charge is 0.334 e. The fourth-order valence-corrected chi connectivity index (χ4v) is 5.29. The lowest BCUT2D eigenvalue weighted by Crippen LogP contribution is -2.41. The Morgan fingerprint density at radius 2 is 1.96 bits per heavy atom. The van der Waals surface area contributed by atoms with Gasteiger partial charge >= 0.3 is 0 Å². The topological polar surface area (TPSA) is 54.5 Å². The highest BCUT2D eigenvalue weighted by Gasteiger charge is 2.34. The Balaban J connectivity index is 1.79. The van der Waals surface area contributed by atoms with Crippen molar-refractivity contribution in [2.24, 2.45) is 0 Å². The predicted octanol–water partition coefficient (Wildman–Crippen LogP) is 2.51. The van der Waals surface area contributed by atoms with Crippen molar-refractivity contribution < 1.29 is 13.2 Å². The van der Waals surface area contributed by atoms with E-state index >= 15 is 0 Å². The van der Waals surface area contributed by atoms with Gasteiger partial charge in [-0.05, 0) is 34.4 Å². The highest BCUT2D eigenvalue weighted by Crippen LogP contribution is 2.21. The van der Waals surface area contributed by atoms with Crippen LogP contribution < -0.4 is 0 Å². The summed E-state index contributed by atoms with van der Waals surface area (Å²) in [6.45, 7) is 0.462. The van der Waals surface area contributed by atoms with Gasteiger partial charge in [0, 0.05) is 12.6 Å². The summed E-state index contributed by atoms with van der Waals surface area (Å²) in [7, 11) is -3.02. The smallest absolute Gasteiger partial charge is 0.227 e. The summed E-state index contributed by atoms with van der Waals surface area (Å²) in [4.78, 5) is 14.5. The van der Waals surface area contributed by atoms with Crippen molar-refractivity contribution >= 4 is 27.1 Å². The third-order valence-corrected chi connectivity index (χ3v) is 6.58. The molecule has 1 aromatic carbocycles. The summed E-state index contributed by atoms with van der Waals surface area (Å²) < 4.78 is 23.6. The van der Waals surface area contributed by atoms with E-state index in [0.717, 1.165) is 11.1 Å². The van der Waals surface area contributed by atoms with Gasteiger partial charge in [-0.3, -0.25) is 4.79 Å². The highest BCUT2D eigenvalue weighted by atomic mass is 32.2. The van der Waals surface area contributed by atoms with Crippen molar-refractivity contribution in [1.29, 1.82) is 0 Å². The maximum atomic E-state index is 12.7. The van der Waals surface area contributed by atoms with Gasteiger partial charge < -0.3 is 4.90 Å². The highest BCUT2D eigenvalue weighted by molar-refractivity contribution is 7.91. The number of thiophene rings is 1. The van der Waals surface area contributed by atoms with Crippen molar-refractivity contribution in [2.75, 3.05) is 11.5 Å². The number of hydrogen-bond acceptors (Lipinski definition) is 4. The van der Waals surface area contributed by atoms with Crippen molar-refractivity contribution in [3.63, 3.8) is 0 Å². The quantitative estimate of drug-likeness (QED) is 0.833. The van der Waals surface area contributed by atoms with Crippen LogP contribution in [0.3, 0.4) is 0 Å². The summed E-state index contributed by atoms with van der Waals surface area (Å²) >= 11 is 1.56. The molecule has 6 heteroatoms. The van der Waals surface area contributed by atoms with E-state index < -0.39 is 9.84 Å². The van der Waals surface area contributed by atoms with E-state index in [1.165, 1.54) is 0 Å². The van der Waals surface area contributed by atoms with Crippen molar-refractivity contribution in [3.8, 4) is 0 Å². The molecule has 122 valence electrons. The van der Waals surface area contributed by atoms with Crippen LogP contribution in [0.25, 0.3) is 0 Å². The van der Waals surface area contributed by atoms with Crippen molar-refractivity contribution in [3.05, 3.63) is 58.3 Å². The first-order valence-electron chi connectivity index (χ1n) is 7.58. The zero-order valence-electron chi connectivity index (χ0n) is 12.7. The van der Waals surface area contributed by atoms with Crippen molar-refractivity contribution in [2.45, 2.75) is 25.4 Å². The molecule has 1 saturated heterocycles. The van der Waals surface area contributed by atoms with Crippen LogP contribution in [0.5, 0.6) is 0 Å². The van der Waals surface area contributed by atoms with Gasteiger partial charge in [0.05, 0.1) is 17.9 Å². The fourth-order valence-electron chi connectivity index (χ4n) is 2.89. The molecule has 2 aromatic rings. The van der Waals surface area contributed by atoms with Crippen LogP contribution in [0.1, 0.15) is 17.5 Å². The van der Waals surface area contributed by atoms with E-state index in [0.29, 0.717) is 19.4 Å². The second kappa shape index (κ2) is 6.84. The second-order valence-corrected chi connectivity index (χ2v) is 8.88. The van der Waals surface area contributed by atoms with Crippen LogP contribution in [0.15, 0.2) is 47.2 Å². The van der Waals surface area contributed by atoms with Gasteiger partial charge in [0.1, 0.15) is 0 Å². The molecule has 23 heavy (non-hydrogen) atoms. The minimum atomic E-state index is -3.02. The first-order chi connectivity index (χ1) is 11.0. The van der Waals surface area contributed by atoms with Gasteiger partial charge in [0.2, 0.25) is 5.91 Å². The summed E-state index contributed by atoms with van der Waals surface area (Å²) in [5.74, 6) is 0.249. The Morgan fingerprint density at radius 1 is 1.17 bits per heavy atom. The van der Waals surface area contributed by atoms with Crippen LogP contribution in [0, 0.1) is 0 Å². The molecule has 0 saturated carbocycles. The van der Waals surface area contributed by atoms with Gasteiger partial charge in [0.15, 0.2) is 9.84 Å². The lowest BCUT2D eigenvalue weighted by molar-refractivity contribution is -0.133. The number of amides is 1. The van der Waals surface area contributed by atoms with Gasteiger partial charge in [-0.1, -0.05) is 30.3 Å². The average Bonchev–Trinajstić information content (AvgIpc) is 3.15. The number of benzene rings is 1. The normalized spacial score (nSPS) is 19.6. The molecule has 2 heterocycles. The average molecular weight is 349 g/mol. The zero-order valence-corrected chi connectivity index (χ0v) is 14.4. The number of sulfone groups is 1. The Labute approximate surface area is 140 Å². The minimum absolute atomic E-state index is 0.00523. The summed E-state index contributed by atoms with van der Waals surface area (Å²) in [5, 5.41) is 3.91. The van der Waals surface area contributed by atoms with E-state index in [-0.39, 0.29) is 23.5 Å². The van der Waals surface area contributed by atoms with Crippen LogP contribution in [0.2, 0.25) is 0 Å². The molecule has 0 bridgehead atoms. The maximum absolute atomic E-state index is 12.7. The molecule has 3 rings (SSSR count). The van der Waals surface area contributed by atoms with Gasteiger partial charge in [-0.15, -0.1) is 0 Å². The molecule has 0 aliphatic carbocycles. The number of hydrogen-bond donors (Lipinski definition) is 0. The third-order valence-electron chi connectivity index (χ3n) is 4.10. The van der Waals surface area contributed by atoms with E-state index in [1.54, 1.807) is 16.2 Å². The van der Waals surface area contributed by atoms with Crippen molar-refractivity contribution in [1.82, 2.24) is 4.90 Å². The summed E-state index contributed by atoms with van der Waals surface area (Å²) in [5.41, 5.74) is 2.01. The minimum Gasteiger partial charge on any atom is -0.334 e. The number of carbonyl (C=O) groups is 1. The molecule has 0 spiro atoms. The first kappa shape index (κ1) is 16.2. The monoisotopic (exact) mass is 349 g/mol. The van der Waals surface area contributed by atoms with Gasteiger partial charge in [0.25, 0.3) is 0 Å². The Hall–Kier alpha value is -1.66. The molecular weight excluding hydrogens is 330 g/mol. The van der Waals surface area contributed by atoms with E-state index in [2.05, 4.69) is 0 Å². The second-order valence-electron chi connectivity index (χ2n) is 5.87. The summed E-state index contributed by atoms with van der Waals surface area (Å²) in [6.07, 6.45) is 0.859. The summed E-state index contributed by atoms with van der Waals surface area (Å²) in [6, 6.07) is 11.5. The van der Waals surface area contributed by atoms with Crippen LogP contribution in [-0.2, 0) is 27.6 Å². The predicted molar refractivity (Wildman–Crippen MR) is 92.1 cm³/mol. The van der Waals surface area contributed by atoms with Crippen LogP contribution in [0.4, 0.5) is 0 Å². The van der Waals surface area contributed by atoms with Crippen LogP contribution in [-0.4, -0.2) is 36.8 Å². The standard InChI is InChI=1S/C17H19NO3S2/c19-17(10-15-6-8-22-12-15)18(11-14-4-2-1-3-5-14)16-7-9-23(20,21)13-16/h1-6,8,12,16H,7,9-11,13H2/t16-/m0/s1. The number of nitrogens with zero attached hydrogens (tertiary/aromatic N) is 1. The molecular formula is C17H19NO3S2. The molecule has 1 atom stereocenters. The molecule has 0 N–H and O–H groups in total. The Morgan fingerprint density at radius 3 is 2.57 bits per heavy atom. The zero-order chi connectivity index (χ0) is 16.3. The Kier molecular flexibility index (Phi) is 4.82. The maximum Gasteiger partial charge on any atom is 0.227 e. The first-order valence-corrected chi connectivity index (χ1v) is 10.3. The molecule has 4 nitrogen and oxygen atoms in total. The molecule has 1 aliphatic rings. The van der Waals surface area contributed by atoms with Gasteiger partial charge in [-0.2, -0.15) is 11.3 Å². The molecule has 1 aromatic heterocycles. The van der Waals surface area contributed by atoms with Gasteiger partial charge in [-0.25, -0.2) is 8.42 Å². The molecule has 1 amide bonds. The number of rotatable bonds is 5. The van der Waals surface area contributed by atoms with Crippen LogP contribution >= 0.6 is 11.3 Å². The lowest BCUT2D eigenvalue weighted by Gasteiger charge is -2.28. The molecule has 1 fully saturated rings.